The summed E-state index contributed by atoms with van der Waals surface area (Å²) in [7, 11) is 1.38. The van der Waals surface area contributed by atoms with E-state index < -0.39 is 0 Å². The highest BCUT2D eigenvalue weighted by molar-refractivity contribution is 5.95. The van der Waals surface area contributed by atoms with Crippen LogP contribution in [0.5, 0.6) is 0 Å². The Morgan fingerprint density at radius 2 is 2.04 bits per heavy atom. The minimum absolute atomic E-state index is 0.372. The van der Waals surface area contributed by atoms with Gasteiger partial charge in [-0.2, -0.15) is 0 Å². The molecule has 4 nitrogen and oxygen atoms in total. The zero-order chi connectivity index (χ0) is 16.2. The summed E-state index contributed by atoms with van der Waals surface area (Å²) >= 11 is 0. The van der Waals surface area contributed by atoms with E-state index in [4.69, 9.17) is 10.5 Å². The first-order valence-corrected chi connectivity index (χ1v) is 7.91. The minimum Gasteiger partial charge on any atom is -0.465 e. The molecule has 1 aliphatic heterocycles. The summed E-state index contributed by atoms with van der Waals surface area (Å²) in [6, 6.07) is 16.2. The van der Waals surface area contributed by atoms with Crippen molar-refractivity contribution in [2.45, 2.75) is 18.9 Å². The highest BCUT2D eigenvalue weighted by Gasteiger charge is 2.25. The number of nitrogens with zero attached hydrogens (tertiary/aromatic N) is 1. The lowest BCUT2D eigenvalue weighted by atomic mass is 9.96. The molecule has 1 saturated heterocycles. The number of anilines is 1. The maximum atomic E-state index is 11.8. The third kappa shape index (κ3) is 3.54. The fourth-order valence-corrected chi connectivity index (χ4v) is 3.20. The van der Waals surface area contributed by atoms with Crippen molar-refractivity contribution < 1.29 is 9.53 Å². The van der Waals surface area contributed by atoms with Crippen LogP contribution in [0.3, 0.4) is 0 Å². The van der Waals surface area contributed by atoms with E-state index in [0.717, 1.165) is 31.6 Å². The van der Waals surface area contributed by atoms with Crippen molar-refractivity contribution in [3.05, 3.63) is 65.2 Å². The summed E-state index contributed by atoms with van der Waals surface area (Å²) in [5, 5.41) is 0. The minimum atomic E-state index is -0.372. The molecule has 0 saturated carbocycles. The van der Waals surface area contributed by atoms with Crippen LogP contribution in [0.1, 0.15) is 33.8 Å². The molecular formula is C19H22N2O2. The van der Waals surface area contributed by atoms with Crippen LogP contribution in [0.4, 0.5) is 5.69 Å². The van der Waals surface area contributed by atoms with Gasteiger partial charge in [-0.25, -0.2) is 4.79 Å². The molecule has 0 amide bonds. The highest BCUT2D eigenvalue weighted by Crippen LogP contribution is 2.30. The van der Waals surface area contributed by atoms with Crippen LogP contribution < -0.4 is 5.73 Å². The van der Waals surface area contributed by atoms with Gasteiger partial charge in [0.2, 0.25) is 0 Å². The molecule has 0 aromatic heterocycles. The fraction of sp³-hybridized carbons (Fsp3) is 0.316. The molecular weight excluding hydrogens is 288 g/mol. The molecule has 23 heavy (non-hydrogen) atoms. The number of likely N-dealkylation sites (tertiary alicyclic amines) is 1. The summed E-state index contributed by atoms with van der Waals surface area (Å²) in [6.07, 6.45) is 1.09. The molecule has 0 spiro atoms. The number of carbonyl (C=O) groups is 1. The topological polar surface area (TPSA) is 55.6 Å². The standard InChI is InChI=1S/C19H22N2O2/c1-23-19(22)17-11-15(7-8-18(17)20)16-9-10-21(13-16)12-14-5-3-2-4-6-14/h2-8,11,16H,9-10,12-13,20H2,1H3. The molecule has 2 aromatic carbocycles. The van der Waals surface area contributed by atoms with Gasteiger partial charge in [-0.3, -0.25) is 4.90 Å². The maximum Gasteiger partial charge on any atom is 0.339 e. The molecule has 0 radical (unpaired) electrons. The molecule has 4 heteroatoms. The number of hydrogen-bond donors (Lipinski definition) is 1. The van der Waals surface area contributed by atoms with E-state index in [-0.39, 0.29) is 5.97 Å². The molecule has 2 aromatic rings. The lowest BCUT2D eigenvalue weighted by molar-refractivity contribution is 0.0602. The van der Waals surface area contributed by atoms with Crippen molar-refractivity contribution in [1.82, 2.24) is 4.90 Å². The lowest BCUT2D eigenvalue weighted by Crippen LogP contribution is -2.19. The molecule has 0 aliphatic carbocycles. The molecule has 1 atom stereocenters. The van der Waals surface area contributed by atoms with E-state index in [2.05, 4.69) is 29.2 Å². The van der Waals surface area contributed by atoms with Crippen molar-refractivity contribution in [3.63, 3.8) is 0 Å². The summed E-state index contributed by atoms with van der Waals surface area (Å²) in [5.41, 5.74) is 9.32. The number of ether oxygens (including phenoxy) is 1. The normalized spacial score (nSPS) is 18.0. The second kappa shape index (κ2) is 6.84. The quantitative estimate of drug-likeness (QED) is 0.696. The number of esters is 1. The van der Waals surface area contributed by atoms with Gasteiger partial charge in [0.05, 0.1) is 12.7 Å². The summed E-state index contributed by atoms with van der Waals surface area (Å²) in [6.45, 7) is 3.03. The van der Waals surface area contributed by atoms with Crippen molar-refractivity contribution in [3.8, 4) is 0 Å². The second-order valence-corrected chi connectivity index (χ2v) is 6.04. The molecule has 1 aliphatic rings. The van der Waals surface area contributed by atoms with Crippen molar-refractivity contribution >= 4 is 11.7 Å². The summed E-state index contributed by atoms with van der Waals surface area (Å²) in [4.78, 5) is 14.2. The van der Waals surface area contributed by atoms with Gasteiger partial charge >= 0.3 is 5.97 Å². The monoisotopic (exact) mass is 310 g/mol. The van der Waals surface area contributed by atoms with E-state index in [1.807, 2.05) is 18.2 Å². The number of benzene rings is 2. The molecule has 1 fully saturated rings. The van der Waals surface area contributed by atoms with Crippen LogP contribution in [0.25, 0.3) is 0 Å². The van der Waals surface area contributed by atoms with Crippen LogP contribution in [-0.2, 0) is 11.3 Å². The fourth-order valence-electron chi connectivity index (χ4n) is 3.20. The van der Waals surface area contributed by atoms with E-state index in [1.54, 1.807) is 6.07 Å². The molecule has 1 heterocycles. The van der Waals surface area contributed by atoms with Crippen LogP contribution in [0, 0.1) is 0 Å². The number of carbonyl (C=O) groups excluding carboxylic acids is 1. The van der Waals surface area contributed by atoms with Crippen LogP contribution in [0.15, 0.2) is 48.5 Å². The Hall–Kier alpha value is -2.33. The largest absolute Gasteiger partial charge is 0.465 e. The zero-order valence-electron chi connectivity index (χ0n) is 13.4. The Bertz CT molecular complexity index is 685. The number of hydrogen-bond acceptors (Lipinski definition) is 4. The third-order valence-corrected chi connectivity index (χ3v) is 4.48. The molecule has 0 bridgehead atoms. The van der Waals surface area contributed by atoms with Crippen LogP contribution in [-0.4, -0.2) is 31.1 Å². The van der Waals surface area contributed by atoms with Crippen molar-refractivity contribution in [2.24, 2.45) is 0 Å². The second-order valence-electron chi connectivity index (χ2n) is 6.04. The van der Waals surface area contributed by atoms with Crippen LogP contribution in [0.2, 0.25) is 0 Å². The third-order valence-electron chi connectivity index (χ3n) is 4.48. The van der Waals surface area contributed by atoms with E-state index in [0.29, 0.717) is 17.2 Å². The molecule has 2 N–H and O–H groups in total. The van der Waals surface area contributed by atoms with Gasteiger partial charge in [0, 0.05) is 18.8 Å². The first-order valence-electron chi connectivity index (χ1n) is 7.91. The van der Waals surface area contributed by atoms with Gasteiger partial charge in [-0.1, -0.05) is 36.4 Å². The SMILES string of the molecule is COC(=O)c1cc(C2CCN(Cc3ccccc3)C2)ccc1N. The Morgan fingerprint density at radius 1 is 1.26 bits per heavy atom. The molecule has 120 valence electrons. The van der Waals surface area contributed by atoms with E-state index >= 15 is 0 Å². The Balaban J connectivity index is 1.70. The first-order chi connectivity index (χ1) is 11.2. The number of nitrogen functional groups attached to an aromatic ring is 1. The first kappa shape index (κ1) is 15.6. The van der Waals surface area contributed by atoms with Crippen molar-refractivity contribution in [2.75, 3.05) is 25.9 Å². The smallest absolute Gasteiger partial charge is 0.339 e. The number of rotatable bonds is 4. The zero-order valence-corrected chi connectivity index (χ0v) is 13.4. The van der Waals surface area contributed by atoms with E-state index in [9.17, 15) is 4.79 Å². The highest BCUT2D eigenvalue weighted by atomic mass is 16.5. The predicted octanol–water partition coefficient (Wildman–Crippen LogP) is 3.04. The van der Waals surface area contributed by atoms with Gasteiger partial charge in [0.25, 0.3) is 0 Å². The average molecular weight is 310 g/mol. The number of methoxy groups -OCH3 is 1. The maximum absolute atomic E-state index is 11.8. The Labute approximate surface area is 136 Å². The van der Waals surface area contributed by atoms with Gasteiger partial charge in [-0.15, -0.1) is 0 Å². The van der Waals surface area contributed by atoms with Gasteiger partial charge in [-0.05, 0) is 42.1 Å². The summed E-state index contributed by atoms with van der Waals surface area (Å²) in [5.74, 6) is 0.0613. The number of nitrogens with two attached hydrogens (primary N) is 1. The van der Waals surface area contributed by atoms with Gasteiger partial charge in [0.15, 0.2) is 0 Å². The lowest BCUT2D eigenvalue weighted by Gasteiger charge is -2.17. The average Bonchev–Trinajstić information content (AvgIpc) is 3.04. The van der Waals surface area contributed by atoms with Crippen LogP contribution >= 0.6 is 0 Å². The van der Waals surface area contributed by atoms with Gasteiger partial charge < -0.3 is 10.5 Å². The Morgan fingerprint density at radius 3 is 2.78 bits per heavy atom. The van der Waals surface area contributed by atoms with E-state index in [1.165, 1.54) is 12.7 Å². The molecule has 1 unspecified atom stereocenters. The predicted molar refractivity (Wildman–Crippen MR) is 91.3 cm³/mol. The van der Waals surface area contributed by atoms with Crippen molar-refractivity contribution in [1.29, 1.82) is 0 Å². The Kier molecular flexibility index (Phi) is 4.63. The van der Waals surface area contributed by atoms with Gasteiger partial charge in [0.1, 0.15) is 0 Å². The molecule has 3 rings (SSSR count). The summed E-state index contributed by atoms with van der Waals surface area (Å²) < 4.78 is 4.81.